The van der Waals surface area contributed by atoms with Crippen LogP contribution in [0.15, 0.2) is 46.9 Å². The number of amides is 1. The van der Waals surface area contributed by atoms with Crippen LogP contribution in [0.25, 0.3) is 22.6 Å². The van der Waals surface area contributed by atoms with Gasteiger partial charge in [0.25, 0.3) is 0 Å². The van der Waals surface area contributed by atoms with E-state index in [1.165, 1.54) is 12.1 Å². The third kappa shape index (κ3) is 3.75. The molecule has 1 amide bonds. The third-order valence-corrected chi connectivity index (χ3v) is 4.71. The van der Waals surface area contributed by atoms with Crippen LogP contribution in [-0.2, 0) is 4.79 Å². The molecule has 1 fully saturated rings. The summed E-state index contributed by atoms with van der Waals surface area (Å²) < 4.78 is 18.8. The SMILES string of the molecule is O=C(CCC1CCNC1)Nc1ccc2nc(-c3ccc(F)cc3)oc2c1. The summed E-state index contributed by atoms with van der Waals surface area (Å²) in [4.78, 5) is 16.6. The molecule has 1 unspecified atom stereocenters. The summed E-state index contributed by atoms with van der Waals surface area (Å²) >= 11 is 0. The zero-order valence-corrected chi connectivity index (χ0v) is 14.3. The van der Waals surface area contributed by atoms with Crippen molar-refractivity contribution in [1.82, 2.24) is 10.3 Å². The number of hydrogen-bond donors (Lipinski definition) is 2. The van der Waals surface area contributed by atoms with Crippen LogP contribution >= 0.6 is 0 Å². The highest BCUT2D eigenvalue weighted by atomic mass is 19.1. The number of nitrogens with one attached hydrogen (secondary N) is 2. The molecule has 1 atom stereocenters. The highest BCUT2D eigenvalue weighted by molar-refractivity contribution is 5.93. The van der Waals surface area contributed by atoms with Crippen molar-refractivity contribution in [3.63, 3.8) is 0 Å². The molecular weight excluding hydrogens is 333 g/mol. The molecular formula is C20H20FN3O2. The molecule has 5 nitrogen and oxygen atoms in total. The summed E-state index contributed by atoms with van der Waals surface area (Å²) in [5.74, 6) is 0.728. The molecule has 0 aliphatic carbocycles. The summed E-state index contributed by atoms with van der Waals surface area (Å²) in [6.45, 7) is 2.05. The summed E-state index contributed by atoms with van der Waals surface area (Å²) in [6, 6.07) is 11.4. The van der Waals surface area contributed by atoms with E-state index in [0.29, 0.717) is 40.6 Å². The predicted molar refractivity (Wildman–Crippen MR) is 98.2 cm³/mol. The van der Waals surface area contributed by atoms with Gasteiger partial charge in [-0.15, -0.1) is 0 Å². The van der Waals surface area contributed by atoms with Gasteiger partial charge in [-0.3, -0.25) is 4.79 Å². The minimum absolute atomic E-state index is 0.00882. The second-order valence-electron chi connectivity index (χ2n) is 6.65. The van der Waals surface area contributed by atoms with Crippen LogP contribution in [0.1, 0.15) is 19.3 Å². The molecule has 2 heterocycles. The van der Waals surface area contributed by atoms with Gasteiger partial charge in [0.1, 0.15) is 11.3 Å². The number of aromatic nitrogens is 1. The van der Waals surface area contributed by atoms with Crippen LogP contribution in [0.4, 0.5) is 10.1 Å². The third-order valence-electron chi connectivity index (χ3n) is 4.71. The highest BCUT2D eigenvalue weighted by Gasteiger charge is 2.16. The molecule has 2 aromatic carbocycles. The van der Waals surface area contributed by atoms with Crippen molar-refractivity contribution in [2.24, 2.45) is 5.92 Å². The van der Waals surface area contributed by atoms with Gasteiger partial charge in [0.05, 0.1) is 0 Å². The smallest absolute Gasteiger partial charge is 0.227 e. The quantitative estimate of drug-likeness (QED) is 0.728. The van der Waals surface area contributed by atoms with E-state index in [1.807, 2.05) is 12.1 Å². The van der Waals surface area contributed by atoms with Crippen molar-refractivity contribution < 1.29 is 13.6 Å². The number of oxazole rings is 1. The first-order valence-corrected chi connectivity index (χ1v) is 8.84. The largest absolute Gasteiger partial charge is 0.436 e. The Bertz CT molecular complexity index is 914. The van der Waals surface area contributed by atoms with E-state index >= 15 is 0 Å². The van der Waals surface area contributed by atoms with Crippen molar-refractivity contribution in [1.29, 1.82) is 0 Å². The average Bonchev–Trinajstić information content (AvgIpc) is 3.30. The molecule has 0 radical (unpaired) electrons. The van der Waals surface area contributed by atoms with Crippen molar-refractivity contribution in [3.05, 3.63) is 48.3 Å². The standard InChI is InChI=1S/C20H20FN3O2/c21-15-4-2-14(3-5-15)20-24-17-7-6-16(11-18(17)26-20)23-19(25)8-1-13-9-10-22-12-13/h2-7,11,13,22H,1,8-10,12H2,(H,23,25). The average molecular weight is 353 g/mol. The Balaban J connectivity index is 1.45. The first-order chi connectivity index (χ1) is 12.7. The molecule has 4 rings (SSSR count). The number of anilines is 1. The molecule has 1 aliphatic rings. The lowest BCUT2D eigenvalue weighted by molar-refractivity contribution is -0.116. The molecule has 134 valence electrons. The maximum Gasteiger partial charge on any atom is 0.227 e. The normalized spacial score (nSPS) is 16.9. The Morgan fingerprint density at radius 3 is 2.88 bits per heavy atom. The lowest BCUT2D eigenvalue weighted by Crippen LogP contribution is -2.14. The maximum absolute atomic E-state index is 13.0. The number of halogens is 1. The van der Waals surface area contributed by atoms with E-state index < -0.39 is 0 Å². The fourth-order valence-electron chi connectivity index (χ4n) is 3.24. The first kappa shape index (κ1) is 16.7. The predicted octanol–water partition coefficient (Wildman–Crippen LogP) is 3.96. The van der Waals surface area contributed by atoms with E-state index in [0.717, 1.165) is 25.9 Å². The van der Waals surface area contributed by atoms with Gasteiger partial charge < -0.3 is 15.1 Å². The van der Waals surface area contributed by atoms with Gasteiger partial charge in [-0.2, -0.15) is 0 Å². The molecule has 1 saturated heterocycles. The van der Waals surface area contributed by atoms with Gasteiger partial charge in [0, 0.05) is 23.7 Å². The molecule has 2 N–H and O–H groups in total. The topological polar surface area (TPSA) is 67.2 Å². The van der Waals surface area contributed by atoms with E-state index in [4.69, 9.17) is 4.42 Å². The summed E-state index contributed by atoms with van der Waals surface area (Å²) in [6.07, 6.45) is 2.56. The lowest BCUT2D eigenvalue weighted by atomic mass is 10.0. The Labute approximate surface area is 150 Å². The Hall–Kier alpha value is -2.73. The molecule has 1 aliphatic heterocycles. The van der Waals surface area contributed by atoms with Crippen molar-refractivity contribution in [2.75, 3.05) is 18.4 Å². The van der Waals surface area contributed by atoms with Gasteiger partial charge in [0.2, 0.25) is 11.8 Å². The molecule has 0 spiro atoms. The number of benzene rings is 2. The number of fused-ring (bicyclic) bond motifs is 1. The van der Waals surface area contributed by atoms with Gasteiger partial charge in [0.15, 0.2) is 5.58 Å². The first-order valence-electron chi connectivity index (χ1n) is 8.84. The minimum atomic E-state index is -0.303. The summed E-state index contributed by atoms with van der Waals surface area (Å²) in [5, 5.41) is 6.23. The number of nitrogens with zero attached hydrogens (tertiary/aromatic N) is 1. The van der Waals surface area contributed by atoms with Crippen LogP contribution in [0, 0.1) is 11.7 Å². The minimum Gasteiger partial charge on any atom is -0.436 e. The van der Waals surface area contributed by atoms with Gasteiger partial charge in [-0.1, -0.05) is 0 Å². The van der Waals surface area contributed by atoms with Gasteiger partial charge in [-0.25, -0.2) is 9.37 Å². The highest BCUT2D eigenvalue weighted by Crippen LogP contribution is 2.26. The second-order valence-corrected chi connectivity index (χ2v) is 6.65. The number of carbonyl (C=O) groups excluding carboxylic acids is 1. The number of hydrogen-bond acceptors (Lipinski definition) is 4. The van der Waals surface area contributed by atoms with E-state index in [1.54, 1.807) is 18.2 Å². The lowest BCUT2D eigenvalue weighted by Gasteiger charge is -2.08. The monoisotopic (exact) mass is 353 g/mol. The molecule has 1 aromatic heterocycles. The Kier molecular flexibility index (Phi) is 4.67. The Morgan fingerprint density at radius 1 is 1.27 bits per heavy atom. The number of rotatable bonds is 5. The maximum atomic E-state index is 13.0. The zero-order chi connectivity index (χ0) is 17.9. The second kappa shape index (κ2) is 7.25. The molecule has 0 saturated carbocycles. The molecule has 6 heteroatoms. The van der Waals surface area contributed by atoms with Crippen LogP contribution in [-0.4, -0.2) is 24.0 Å². The van der Waals surface area contributed by atoms with E-state index in [9.17, 15) is 9.18 Å². The summed E-state index contributed by atoms with van der Waals surface area (Å²) in [7, 11) is 0. The van der Waals surface area contributed by atoms with Crippen molar-refractivity contribution >= 4 is 22.7 Å². The van der Waals surface area contributed by atoms with Gasteiger partial charge in [-0.05, 0) is 68.2 Å². The Morgan fingerprint density at radius 2 is 2.12 bits per heavy atom. The van der Waals surface area contributed by atoms with E-state index in [-0.39, 0.29) is 11.7 Å². The molecule has 3 aromatic rings. The molecule has 26 heavy (non-hydrogen) atoms. The van der Waals surface area contributed by atoms with Crippen molar-refractivity contribution in [3.8, 4) is 11.5 Å². The van der Waals surface area contributed by atoms with Crippen LogP contribution in [0.2, 0.25) is 0 Å². The summed E-state index contributed by atoms with van der Waals surface area (Å²) in [5.41, 5.74) is 2.67. The zero-order valence-electron chi connectivity index (χ0n) is 14.3. The van der Waals surface area contributed by atoms with E-state index in [2.05, 4.69) is 15.6 Å². The van der Waals surface area contributed by atoms with Gasteiger partial charge >= 0.3 is 0 Å². The fourth-order valence-corrected chi connectivity index (χ4v) is 3.24. The number of carbonyl (C=O) groups is 1. The van der Waals surface area contributed by atoms with Crippen LogP contribution in [0.3, 0.4) is 0 Å². The van der Waals surface area contributed by atoms with Crippen LogP contribution < -0.4 is 10.6 Å². The fraction of sp³-hybridized carbons (Fsp3) is 0.300. The van der Waals surface area contributed by atoms with Crippen LogP contribution in [0.5, 0.6) is 0 Å². The molecule has 0 bridgehead atoms. The van der Waals surface area contributed by atoms with Crippen molar-refractivity contribution in [2.45, 2.75) is 19.3 Å².